The van der Waals surface area contributed by atoms with Crippen LogP contribution in [0.4, 0.5) is 0 Å². The molecule has 7 nitrogen and oxygen atoms in total. The molecule has 0 spiro atoms. The number of fused-ring (bicyclic) bond motifs is 5. The molecule has 0 bridgehead atoms. The Kier molecular flexibility index (Phi) is 6.84. The first-order valence-corrected chi connectivity index (χ1v) is 14.5. The maximum Gasteiger partial charge on any atom is 0.332 e. The van der Waals surface area contributed by atoms with Crippen molar-refractivity contribution >= 4 is 11.9 Å². The molecule has 10 atom stereocenters. The Morgan fingerprint density at radius 3 is 2.31 bits per heavy atom. The Bertz CT molecular complexity index is 1180. The minimum Gasteiger partial charge on any atom is -0.478 e. The fraction of sp³-hybridized carbons (Fsp3) is 0.688. The monoisotopic (exact) mass is 539 g/mol. The first-order valence-electron chi connectivity index (χ1n) is 14.5. The molecule has 0 unspecified atom stereocenters. The van der Waals surface area contributed by atoms with Crippen LogP contribution in [0.15, 0.2) is 41.5 Å². The second-order valence-corrected chi connectivity index (χ2v) is 13.9. The molecule has 5 N–H and O–H groups in total. The maximum atomic E-state index is 12.8. The van der Waals surface area contributed by atoms with Crippen molar-refractivity contribution in [3.63, 3.8) is 0 Å². The van der Waals surface area contributed by atoms with Gasteiger partial charge in [0.25, 0.3) is 0 Å². The normalized spacial score (nSPS) is 46.5. The predicted octanol–water partition coefficient (Wildman–Crippen LogP) is 4.24. The van der Waals surface area contributed by atoms with E-state index < -0.39 is 41.2 Å². The Balaban J connectivity index is 1.64. The Morgan fingerprint density at radius 2 is 1.69 bits per heavy atom. The molecule has 1 aromatic rings. The van der Waals surface area contributed by atoms with Gasteiger partial charge in [-0.3, -0.25) is 4.79 Å². The summed E-state index contributed by atoms with van der Waals surface area (Å²) >= 11 is 0. The number of aliphatic carboxylic acids is 1. The van der Waals surface area contributed by atoms with Gasteiger partial charge >= 0.3 is 11.9 Å². The molecule has 1 aromatic carbocycles. The number of aliphatic hydroxyl groups is 2. The van der Waals surface area contributed by atoms with Crippen molar-refractivity contribution in [2.75, 3.05) is 0 Å². The molecule has 0 amide bonds. The Labute approximate surface area is 231 Å². The molecule has 0 aliphatic heterocycles. The molecule has 7 heteroatoms. The highest BCUT2D eigenvalue weighted by atomic mass is 16.5. The lowest BCUT2D eigenvalue weighted by Gasteiger charge is -2.70. The van der Waals surface area contributed by atoms with Crippen LogP contribution in [0.25, 0.3) is 0 Å². The van der Waals surface area contributed by atoms with Gasteiger partial charge in [-0.25, -0.2) is 4.79 Å². The zero-order chi connectivity index (χ0) is 28.5. The van der Waals surface area contributed by atoms with E-state index in [0.717, 1.165) is 24.8 Å². The summed E-state index contributed by atoms with van der Waals surface area (Å²) in [6.07, 6.45) is 2.32. The maximum absolute atomic E-state index is 12.8. The molecule has 4 saturated carbocycles. The zero-order valence-corrected chi connectivity index (χ0v) is 23.9. The molecule has 5 rings (SSSR count). The summed E-state index contributed by atoms with van der Waals surface area (Å²) in [6, 6.07) is 9.51. The third-order valence-corrected chi connectivity index (χ3v) is 12.0. The minimum absolute atomic E-state index is 0.0648. The molecular weight excluding hydrogens is 494 g/mol. The molecular formula is C32H45NO6. The molecule has 39 heavy (non-hydrogen) atoms. The van der Waals surface area contributed by atoms with Crippen LogP contribution in [0.5, 0.6) is 0 Å². The summed E-state index contributed by atoms with van der Waals surface area (Å²) in [4.78, 5) is 25.1. The average molecular weight is 540 g/mol. The third-order valence-electron chi connectivity index (χ3n) is 12.0. The van der Waals surface area contributed by atoms with Crippen LogP contribution in [0, 0.1) is 34.0 Å². The van der Waals surface area contributed by atoms with Crippen molar-refractivity contribution in [3.05, 3.63) is 47.0 Å². The smallest absolute Gasteiger partial charge is 0.332 e. The summed E-state index contributed by atoms with van der Waals surface area (Å²) in [7, 11) is 0. The SMILES string of the molecule is CC(=O)O[C@H]1C[C@@]2(C)[C@@H](C[C@@H](O)[C@H]3[C@@]4(C)CC[C@@H](O)[C@](C)(N)[C@@H]4CC[C@@]32C)/C1=C(\Cc1ccccc1)C(=O)O. The van der Waals surface area contributed by atoms with Crippen LogP contribution in [0.3, 0.4) is 0 Å². The highest BCUT2D eigenvalue weighted by Gasteiger charge is 2.72. The van der Waals surface area contributed by atoms with E-state index in [0.29, 0.717) is 24.8 Å². The van der Waals surface area contributed by atoms with E-state index in [1.807, 2.05) is 37.3 Å². The average Bonchev–Trinajstić information content (AvgIpc) is 3.12. The number of carboxylic acid groups (broad SMARTS) is 1. The summed E-state index contributed by atoms with van der Waals surface area (Å²) in [5, 5.41) is 33.3. The van der Waals surface area contributed by atoms with Gasteiger partial charge in [0, 0.05) is 24.5 Å². The number of ether oxygens (including phenoxy) is 1. The number of hydrogen-bond acceptors (Lipinski definition) is 6. The summed E-state index contributed by atoms with van der Waals surface area (Å²) < 4.78 is 5.89. The number of carbonyl (C=O) groups excluding carboxylic acids is 1. The molecule has 0 saturated heterocycles. The highest BCUT2D eigenvalue weighted by Crippen LogP contribution is 2.74. The van der Waals surface area contributed by atoms with Gasteiger partial charge in [0.1, 0.15) is 6.10 Å². The van der Waals surface area contributed by atoms with E-state index in [2.05, 4.69) is 20.8 Å². The van der Waals surface area contributed by atoms with Gasteiger partial charge in [0.05, 0.1) is 12.2 Å². The number of aliphatic hydroxyl groups excluding tert-OH is 2. The largest absolute Gasteiger partial charge is 0.478 e. The standard InChI is InChI=1S/C32H45NO6/c1-18(34)39-23-17-31(4)21(26(23)20(28(37)38)15-19-9-7-6-8-10-19)16-22(35)27-29(2)13-12-25(36)32(5,33)24(29)11-14-30(27,31)3/h6-10,21-25,27,35-36H,11-17,33H2,1-5H3,(H,37,38)/b26-20-/t21-,22+,23-,24+,25+,27-,29-,30-,31-,32+/m0/s1. The summed E-state index contributed by atoms with van der Waals surface area (Å²) in [5.41, 5.74) is 6.88. The number of rotatable bonds is 4. The predicted molar refractivity (Wildman–Crippen MR) is 147 cm³/mol. The molecule has 0 radical (unpaired) electrons. The number of esters is 1. The number of carbonyl (C=O) groups is 2. The first kappa shape index (κ1) is 28.3. The quantitative estimate of drug-likeness (QED) is 0.333. The van der Waals surface area contributed by atoms with Gasteiger partial charge in [0.15, 0.2) is 0 Å². The van der Waals surface area contributed by atoms with Crippen LogP contribution in [0.1, 0.15) is 78.7 Å². The van der Waals surface area contributed by atoms with Crippen LogP contribution in [-0.2, 0) is 20.7 Å². The first-order chi connectivity index (χ1) is 18.2. The second-order valence-electron chi connectivity index (χ2n) is 13.9. The van der Waals surface area contributed by atoms with Gasteiger partial charge in [-0.1, -0.05) is 51.1 Å². The van der Waals surface area contributed by atoms with Gasteiger partial charge in [-0.05, 0) is 90.6 Å². The lowest BCUT2D eigenvalue weighted by Crippen LogP contribution is -2.71. The van der Waals surface area contributed by atoms with Crippen molar-refractivity contribution in [1.29, 1.82) is 0 Å². The van der Waals surface area contributed by atoms with Crippen molar-refractivity contribution < 1.29 is 29.6 Å². The van der Waals surface area contributed by atoms with Crippen molar-refractivity contribution in [2.45, 2.75) is 103 Å². The van der Waals surface area contributed by atoms with Crippen LogP contribution in [-0.4, -0.2) is 51.1 Å². The highest BCUT2D eigenvalue weighted by molar-refractivity contribution is 5.89. The molecule has 214 valence electrons. The Hall–Kier alpha value is -2.22. The van der Waals surface area contributed by atoms with Crippen molar-refractivity contribution in [1.82, 2.24) is 0 Å². The number of nitrogens with two attached hydrogens (primary N) is 1. The molecule has 4 aliphatic carbocycles. The van der Waals surface area contributed by atoms with Gasteiger partial charge < -0.3 is 25.8 Å². The molecule has 4 fully saturated rings. The third kappa shape index (κ3) is 4.10. The number of benzene rings is 1. The van der Waals surface area contributed by atoms with Gasteiger partial charge in [0.2, 0.25) is 0 Å². The fourth-order valence-corrected chi connectivity index (χ4v) is 10.1. The fourth-order valence-electron chi connectivity index (χ4n) is 10.1. The molecule has 0 heterocycles. The molecule has 0 aromatic heterocycles. The molecule has 4 aliphatic rings. The lowest BCUT2D eigenvalue weighted by atomic mass is 9.36. The van der Waals surface area contributed by atoms with Crippen LogP contribution >= 0.6 is 0 Å². The van der Waals surface area contributed by atoms with E-state index in [9.17, 15) is 24.9 Å². The van der Waals surface area contributed by atoms with E-state index in [-0.39, 0.29) is 40.6 Å². The van der Waals surface area contributed by atoms with E-state index >= 15 is 0 Å². The minimum atomic E-state index is -1.01. The summed E-state index contributed by atoms with van der Waals surface area (Å²) in [5.74, 6) is -1.67. The Morgan fingerprint density at radius 1 is 1.03 bits per heavy atom. The number of hydrogen-bond donors (Lipinski definition) is 4. The van der Waals surface area contributed by atoms with Crippen molar-refractivity contribution in [3.8, 4) is 0 Å². The zero-order valence-electron chi connectivity index (χ0n) is 23.9. The van der Waals surface area contributed by atoms with Crippen LogP contribution < -0.4 is 5.73 Å². The second kappa shape index (κ2) is 9.42. The van der Waals surface area contributed by atoms with E-state index in [1.165, 1.54) is 6.92 Å². The number of carboxylic acids is 1. The van der Waals surface area contributed by atoms with E-state index in [1.54, 1.807) is 0 Å². The van der Waals surface area contributed by atoms with Gasteiger partial charge in [-0.2, -0.15) is 0 Å². The topological polar surface area (TPSA) is 130 Å². The lowest BCUT2D eigenvalue weighted by molar-refractivity contribution is -0.237. The van der Waals surface area contributed by atoms with E-state index in [4.69, 9.17) is 10.5 Å². The summed E-state index contributed by atoms with van der Waals surface area (Å²) in [6.45, 7) is 10.1. The van der Waals surface area contributed by atoms with Gasteiger partial charge in [-0.15, -0.1) is 0 Å². The van der Waals surface area contributed by atoms with Crippen molar-refractivity contribution in [2.24, 2.45) is 39.7 Å². The van der Waals surface area contributed by atoms with Crippen LogP contribution in [0.2, 0.25) is 0 Å².